The summed E-state index contributed by atoms with van der Waals surface area (Å²) in [4.78, 5) is 4.55. The molecule has 3 rings (SSSR count). The molecule has 0 radical (unpaired) electrons. The Kier molecular flexibility index (Phi) is 4.01. The van der Waals surface area contributed by atoms with Crippen molar-refractivity contribution < 1.29 is 4.74 Å². The predicted molar refractivity (Wildman–Crippen MR) is 90.7 cm³/mol. The standard InChI is InChI=1S/C18H17N3O/c1-13-11-18(20-17-6-4-3-5-16(13)17)21-19-12-14-7-9-15(22-2)10-8-14/h3-12H,1-2H3,(H,20,21)/b19-12+. The number of hydrazone groups is 1. The maximum atomic E-state index is 5.13. The number of hydrogen-bond donors (Lipinski definition) is 1. The molecule has 1 N–H and O–H groups in total. The third kappa shape index (κ3) is 3.06. The zero-order valence-electron chi connectivity index (χ0n) is 12.6. The second kappa shape index (κ2) is 6.26. The zero-order chi connectivity index (χ0) is 15.4. The smallest absolute Gasteiger partial charge is 0.147 e. The van der Waals surface area contributed by atoms with Gasteiger partial charge in [-0.3, -0.25) is 5.43 Å². The molecule has 0 amide bonds. The lowest BCUT2D eigenvalue weighted by Crippen LogP contribution is -1.95. The van der Waals surface area contributed by atoms with Crippen molar-refractivity contribution in [1.29, 1.82) is 0 Å². The van der Waals surface area contributed by atoms with Gasteiger partial charge in [0.1, 0.15) is 11.6 Å². The van der Waals surface area contributed by atoms with Crippen molar-refractivity contribution >= 4 is 22.9 Å². The summed E-state index contributed by atoms with van der Waals surface area (Å²) in [5.74, 6) is 1.57. The molecule has 1 heterocycles. The topological polar surface area (TPSA) is 46.5 Å². The lowest BCUT2D eigenvalue weighted by Gasteiger charge is -2.05. The van der Waals surface area contributed by atoms with E-state index >= 15 is 0 Å². The van der Waals surface area contributed by atoms with Crippen LogP contribution in [0.5, 0.6) is 5.75 Å². The number of anilines is 1. The Morgan fingerprint density at radius 3 is 2.64 bits per heavy atom. The number of ether oxygens (including phenoxy) is 1. The number of para-hydroxylation sites is 1. The van der Waals surface area contributed by atoms with Crippen LogP contribution in [0.1, 0.15) is 11.1 Å². The first kappa shape index (κ1) is 14.1. The molecule has 4 nitrogen and oxygen atoms in total. The summed E-state index contributed by atoms with van der Waals surface area (Å²) < 4.78 is 5.13. The summed E-state index contributed by atoms with van der Waals surface area (Å²) in [5, 5.41) is 5.40. The number of rotatable bonds is 4. The number of fused-ring (bicyclic) bond motifs is 1. The van der Waals surface area contributed by atoms with Crippen LogP contribution in [0.4, 0.5) is 5.82 Å². The molecule has 0 fully saturated rings. The summed E-state index contributed by atoms with van der Waals surface area (Å²) in [5.41, 5.74) is 6.11. The Morgan fingerprint density at radius 1 is 1.09 bits per heavy atom. The van der Waals surface area contributed by atoms with Crippen LogP contribution in [-0.2, 0) is 0 Å². The maximum Gasteiger partial charge on any atom is 0.147 e. The van der Waals surface area contributed by atoms with Crippen molar-refractivity contribution in [3.8, 4) is 5.75 Å². The molecule has 4 heteroatoms. The van der Waals surface area contributed by atoms with Gasteiger partial charge in [-0.1, -0.05) is 18.2 Å². The third-order valence-corrected chi connectivity index (χ3v) is 3.43. The molecule has 0 aliphatic rings. The van der Waals surface area contributed by atoms with E-state index in [0.717, 1.165) is 28.0 Å². The molecular weight excluding hydrogens is 274 g/mol. The molecule has 0 saturated carbocycles. The highest BCUT2D eigenvalue weighted by atomic mass is 16.5. The number of nitrogens with one attached hydrogen (secondary N) is 1. The number of hydrogen-bond acceptors (Lipinski definition) is 4. The first-order valence-electron chi connectivity index (χ1n) is 7.06. The molecular formula is C18H17N3O. The fourth-order valence-electron chi connectivity index (χ4n) is 2.27. The lowest BCUT2D eigenvalue weighted by atomic mass is 10.1. The number of benzene rings is 2. The van der Waals surface area contributed by atoms with Crippen molar-refractivity contribution in [3.05, 3.63) is 65.7 Å². The Bertz CT molecular complexity index is 810. The van der Waals surface area contributed by atoms with Gasteiger partial charge in [-0.2, -0.15) is 5.10 Å². The lowest BCUT2D eigenvalue weighted by molar-refractivity contribution is 0.415. The number of aromatic nitrogens is 1. The molecule has 0 aliphatic heterocycles. The van der Waals surface area contributed by atoms with E-state index in [9.17, 15) is 0 Å². The predicted octanol–water partition coefficient (Wildman–Crippen LogP) is 4.00. The molecule has 0 saturated heterocycles. The number of nitrogens with zero attached hydrogens (tertiary/aromatic N) is 2. The van der Waals surface area contributed by atoms with Crippen LogP contribution >= 0.6 is 0 Å². The SMILES string of the molecule is COc1ccc(/C=N/Nc2cc(C)c3ccccc3n2)cc1. The fraction of sp³-hybridized carbons (Fsp3) is 0.111. The van der Waals surface area contributed by atoms with E-state index in [0.29, 0.717) is 0 Å². The van der Waals surface area contributed by atoms with Gasteiger partial charge in [0.05, 0.1) is 18.8 Å². The maximum absolute atomic E-state index is 5.13. The zero-order valence-corrected chi connectivity index (χ0v) is 12.6. The molecule has 0 aliphatic carbocycles. The molecule has 0 bridgehead atoms. The second-order valence-electron chi connectivity index (χ2n) is 4.98. The van der Waals surface area contributed by atoms with Crippen molar-refractivity contribution in [1.82, 2.24) is 4.98 Å². The van der Waals surface area contributed by atoms with Crippen LogP contribution in [0.2, 0.25) is 0 Å². The van der Waals surface area contributed by atoms with Gasteiger partial charge >= 0.3 is 0 Å². The van der Waals surface area contributed by atoms with Gasteiger partial charge < -0.3 is 4.74 Å². The van der Waals surface area contributed by atoms with E-state index in [1.54, 1.807) is 13.3 Å². The largest absolute Gasteiger partial charge is 0.497 e. The summed E-state index contributed by atoms with van der Waals surface area (Å²) in [7, 11) is 1.65. The Balaban J connectivity index is 1.76. The fourth-order valence-corrected chi connectivity index (χ4v) is 2.27. The minimum atomic E-state index is 0.737. The molecule has 0 spiro atoms. The van der Waals surface area contributed by atoms with E-state index in [4.69, 9.17) is 4.74 Å². The molecule has 2 aromatic carbocycles. The van der Waals surface area contributed by atoms with Gasteiger partial charge in [0.2, 0.25) is 0 Å². The second-order valence-corrected chi connectivity index (χ2v) is 4.98. The first-order chi connectivity index (χ1) is 10.8. The Morgan fingerprint density at radius 2 is 1.86 bits per heavy atom. The Hall–Kier alpha value is -2.88. The summed E-state index contributed by atoms with van der Waals surface area (Å²) in [6, 6.07) is 17.8. The van der Waals surface area contributed by atoms with E-state index in [1.165, 1.54) is 5.56 Å². The number of pyridine rings is 1. The van der Waals surface area contributed by atoms with E-state index in [2.05, 4.69) is 28.5 Å². The van der Waals surface area contributed by atoms with Gasteiger partial charge in [0, 0.05) is 5.39 Å². The highest BCUT2D eigenvalue weighted by molar-refractivity contribution is 5.84. The summed E-state index contributed by atoms with van der Waals surface area (Å²) in [6.45, 7) is 2.07. The van der Waals surface area contributed by atoms with Crippen LogP contribution in [0, 0.1) is 6.92 Å². The highest BCUT2D eigenvalue weighted by Crippen LogP contribution is 2.19. The highest BCUT2D eigenvalue weighted by Gasteiger charge is 2.00. The summed E-state index contributed by atoms with van der Waals surface area (Å²) in [6.07, 6.45) is 1.76. The summed E-state index contributed by atoms with van der Waals surface area (Å²) >= 11 is 0. The molecule has 3 aromatic rings. The minimum absolute atomic E-state index is 0.737. The molecule has 1 aromatic heterocycles. The van der Waals surface area contributed by atoms with Crippen LogP contribution in [0.25, 0.3) is 10.9 Å². The Labute approximate surface area is 129 Å². The van der Waals surface area contributed by atoms with Crippen LogP contribution in [0.3, 0.4) is 0 Å². The van der Waals surface area contributed by atoms with Crippen molar-refractivity contribution in [2.75, 3.05) is 12.5 Å². The van der Waals surface area contributed by atoms with Gasteiger partial charge in [0.15, 0.2) is 0 Å². The monoisotopic (exact) mass is 291 g/mol. The molecule has 0 atom stereocenters. The normalized spacial score (nSPS) is 11.0. The minimum Gasteiger partial charge on any atom is -0.497 e. The van der Waals surface area contributed by atoms with Gasteiger partial charge in [-0.15, -0.1) is 0 Å². The van der Waals surface area contributed by atoms with Crippen LogP contribution in [0.15, 0.2) is 59.7 Å². The van der Waals surface area contributed by atoms with Gasteiger partial charge in [0.25, 0.3) is 0 Å². The number of methoxy groups -OCH3 is 1. The molecule has 110 valence electrons. The molecule has 0 unspecified atom stereocenters. The van der Waals surface area contributed by atoms with E-state index < -0.39 is 0 Å². The van der Waals surface area contributed by atoms with Crippen molar-refractivity contribution in [2.45, 2.75) is 6.92 Å². The van der Waals surface area contributed by atoms with Crippen molar-refractivity contribution in [3.63, 3.8) is 0 Å². The van der Waals surface area contributed by atoms with E-state index in [1.807, 2.05) is 48.5 Å². The van der Waals surface area contributed by atoms with E-state index in [-0.39, 0.29) is 0 Å². The molecule has 22 heavy (non-hydrogen) atoms. The first-order valence-corrected chi connectivity index (χ1v) is 7.06. The van der Waals surface area contributed by atoms with Crippen molar-refractivity contribution in [2.24, 2.45) is 5.10 Å². The van der Waals surface area contributed by atoms with Gasteiger partial charge in [-0.25, -0.2) is 4.98 Å². The average Bonchev–Trinajstić information content (AvgIpc) is 2.56. The van der Waals surface area contributed by atoms with Crippen LogP contribution in [-0.4, -0.2) is 18.3 Å². The van der Waals surface area contributed by atoms with Crippen LogP contribution < -0.4 is 10.2 Å². The number of aryl methyl sites for hydroxylation is 1. The average molecular weight is 291 g/mol. The van der Waals surface area contributed by atoms with Gasteiger partial charge in [-0.05, 0) is 54.4 Å². The quantitative estimate of drug-likeness (QED) is 0.584. The third-order valence-electron chi connectivity index (χ3n) is 3.43.